The van der Waals surface area contributed by atoms with Crippen LogP contribution in [0.3, 0.4) is 0 Å². The van der Waals surface area contributed by atoms with Crippen molar-refractivity contribution in [1.29, 1.82) is 0 Å². The third-order valence-electron chi connectivity index (χ3n) is 4.10. The molecule has 0 aliphatic heterocycles. The van der Waals surface area contributed by atoms with Crippen LogP contribution >= 0.6 is 15.9 Å². The highest BCUT2D eigenvalue weighted by molar-refractivity contribution is 9.10. The Morgan fingerprint density at radius 3 is 2.74 bits per heavy atom. The second-order valence-electron chi connectivity index (χ2n) is 5.86. The van der Waals surface area contributed by atoms with Crippen LogP contribution in [0.15, 0.2) is 59.6 Å². The van der Waals surface area contributed by atoms with Crippen molar-refractivity contribution in [2.75, 3.05) is 0 Å². The summed E-state index contributed by atoms with van der Waals surface area (Å²) in [6, 6.07) is 9.68. The van der Waals surface area contributed by atoms with Gasteiger partial charge in [0.05, 0.1) is 23.0 Å². The largest absolute Gasteiger partial charge is 0.348 e. The minimum atomic E-state index is -0.321. The molecule has 0 bridgehead atoms. The Labute approximate surface area is 162 Å². The number of nitrogens with one attached hydrogen (secondary N) is 2. The number of rotatable bonds is 4. The number of aromatic nitrogens is 4. The van der Waals surface area contributed by atoms with Gasteiger partial charge in [-0.3, -0.25) is 14.9 Å². The molecule has 0 spiro atoms. The van der Waals surface area contributed by atoms with Crippen molar-refractivity contribution in [3.05, 3.63) is 76.5 Å². The van der Waals surface area contributed by atoms with Gasteiger partial charge in [-0.2, -0.15) is 5.10 Å². The Morgan fingerprint density at radius 1 is 1.15 bits per heavy atom. The first kappa shape index (κ1) is 17.3. The second-order valence-corrected chi connectivity index (χ2v) is 6.67. The van der Waals surface area contributed by atoms with E-state index in [9.17, 15) is 9.18 Å². The lowest BCUT2D eigenvalue weighted by atomic mass is 10.1. The number of halogens is 2. The molecule has 6 nitrogen and oxygen atoms in total. The third-order valence-corrected chi connectivity index (χ3v) is 4.53. The van der Waals surface area contributed by atoms with Gasteiger partial charge >= 0.3 is 0 Å². The fourth-order valence-electron chi connectivity index (χ4n) is 2.77. The van der Waals surface area contributed by atoms with E-state index in [-0.39, 0.29) is 11.7 Å². The summed E-state index contributed by atoms with van der Waals surface area (Å²) in [6.45, 7) is 0.360. The predicted octanol–water partition coefficient (Wildman–Crippen LogP) is 3.85. The van der Waals surface area contributed by atoms with Gasteiger partial charge in [-0.15, -0.1) is 0 Å². The van der Waals surface area contributed by atoms with Gasteiger partial charge in [-0.1, -0.05) is 0 Å². The van der Waals surface area contributed by atoms with Gasteiger partial charge in [0.1, 0.15) is 10.4 Å². The topological polar surface area (TPSA) is 83.6 Å². The molecule has 0 unspecified atom stereocenters. The van der Waals surface area contributed by atoms with E-state index in [4.69, 9.17) is 0 Å². The number of hydrogen-bond donors (Lipinski definition) is 2. The molecule has 1 amide bonds. The minimum absolute atomic E-state index is 0.257. The average molecular weight is 426 g/mol. The Morgan fingerprint density at radius 2 is 1.96 bits per heavy atom. The number of aromatic amines is 1. The maximum Gasteiger partial charge on any atom is 0.253 e. The van der Waals surface area contributed by atoms with E-state index < -0.39 is 0 Å². The molecule has 0 aliphatic rings. The average Bonchev–Trinajstić information content (AvgIpc) is 3.16. The normalized spacial score (nSPS) is 10.9. The Balaban J connectivity index is 1.63. The number of fused-ring (bicyclic) bond motifs is 1. The molecule has 0 atom stereocenters. The number of carbonyl (C=O) groups is 1. The van der Waals surface area contributed by atoms with Gasteiger partial charge in [0, 0.05) is 29.9 Å². The molecule has 0 radical (unpaired) electrons. The lowest BCUT2D eigenvalue weighted by molar-refractivity contribution is 0.0952. The van der Waals surface area contributed by atoms with Gasteiger partial charge < -0.3 is 5.32 Å². The van der Waals surface area contributed by atoms with Crippen molar-refractivity contribution in [1.82, 2.24) is 25.5 Å². The van der Waals surface area contributed by atoms with Crippen LogP contribution in [0.25, 0.3) is 22.2 Å². The molecular weight excluding hydrogens is 413 g/mol. The SMILES string of the molecule is O=C(NCc1ccnc(Br)c1)c1cnc(-c2ccc(F)cc2)c2[nH]ncc12. The van der Waals surface area contributed by atoms with Gasteiger partial charge in [-0.25, -0.2) is 9.37 Å². The summed E-state index contributed by atoms with van der Waals surface area (Å²) >= 11 is 3.31. The zero-order chi connectivity index (χ0) is 18.8. The van der Waals surface area contributed by atoms with Crippen molar-refractivity contribution >= 4 is 32.7 Å². The standard InChI is InChI=1S/C19H13BrFN5O/c20-16-7-11(5-6-22-16)8-24-19(27)15-9-23-17(18-14(15)10-25-26-18)12-1-3-13(21)4-2-12/h1-7,9-10H,8H2,(H,24,27)(H,25,26). The number of nitrogens with zero attached hydrogens (tertiary/aromatic N) is 3. The van der Waals surface area contributed by atoms with Crippen molar-refractivity contribution in [2.45, 2.75) is 6.54 Å². The molecule has 4 aromatic rings. The van der Waals surface area contributed by atoms with E-state index in [0.29, 0.717) is 33.3 Å². The molecule has 0 saturated heterocycles. The van der Waals surface area contributed by atoms with E-state index in [1.807, 2.05) is 12.1 Å². The lowest BCUT2D eigenvalue weighted by Gasteiger charge is -2.08. The molecule has 3 aromatic heterocycles. The molecule has 8 heteroatoms. The Kier molecular flexibility index (Phi) is 4.64. The number of amides is 1. The highest BCUT2D eigenvalue weighted by atomic mass is 79.9. The van der Waals surface area contributed by atoms with Crippen LogP contribution in [0.5, 0.6) is 0 Å². The third kappa shape index (κ3) is 3.56. The number of benzene rings is 1. The molecule has 134 valence electrons. The summed E-state index contributed by atoms with van der Waals surface area (Å²) < 4.78 is 13.9. The van der Waals surface area contributed by atoms with E-state index >= 15 is 0 Å². The maximum atomic E-state index is 13.2. The minimum Gasteiger partial charge on any atom is -0.348 e. The summed E-state index contributed by atoms with van der Waals surface area (Å²) in [5.74, 6) is -0.578. The van der Waals surface area contributed by atoms with E-state index in [2.05, 4.69) is 41.4 Å². The van der Waals surface area contributed by atoms with Gasteiger partial charge in [0.15, 0.2) is 0 Å². The fraction of sp³-hybridized carbons (Fsp3) is 0.0526. The second kappa shape index (κ2) is 7.24. The van der Waals surface area contributed by atoms with Gasteiger partial charge in [0.25, 0.3) is 5.91 Å². The molecule has 1 aromatic carbocycles. The zero-order valence-corrected chi connectivity index (χ0v) is 15.5. The first-order valence-electron chi connectivity index (χ1n) is 8.08. The summed E-state index contributed by atoms with van der Waals surface area (Å²) in [5, 5.41) is 10.4. The summed E-state index contributed by atoms with van der Waals surface area (Å²) in [5.41, 5.74) is 3.31. The summed E-state index contributed by atoms with van der Waals surface area (Å²) in [7, 11) is 0. The smallest absolute Gasteiger partial charge is 0.253 e. The molecular formula is C19H13BrFN5O. The molecule has 0 aliphatic carbocycles. The van der Waals surface area contributed by atoms with Crippen LogP contribution in [0.4, 0.5) is 4.39 Å². The molecule has 27 heavy (non-hydrogen) atoms. The van der Waals surface area contributed by atoms with Crippen molar-refractivity contribution in [3.63, 3.8) is 0 Å². The number of hydrogen-bond acceptors (Lipinski definition) is 4. The van der Waals surface area contributed by atoms with Crippen molar-refractivity contribution < 1.29 is 9.18 Å². The van der Waals surface area contributed by atoms with Crippen LogP contribution in [-0.4, -0.2) is 26.1 Å². The fourth-order valence-corrected chi connectivity index (χ4v) is 3.18. The van der Waals surface area contributed by atoms with Crippen LogP contribution in [0.2, 0.25) is 0 Å². The highest BCUT2D eigenvalue weighted by Crippen LogP contribution is 2.27. The molecule has 4 rings (SSSR count). The first-order valence-corrected chi connectivity index (χ1v) is 8.88. The van der Waals surface area contributed by atoms with Crippen LogP contribution in [0, 0.1) is 5.82 Å². The van der Waals surface area contributed by atoms with E-state index in [1.54, 1.807) is 24.5 Å². The van der Waals surface area contributed by atoms with E-state index in [1.165, 1.54) is 18.3 Å². The molecule has 0 fully saturated rings. The van der Waals surface area contributed by atoms with Crippen LogP contribution in [0.1, 0.15) is 15.9 Å². The molecule has 3 heterocycles. The van der Waals surface area contributed by atoms with Gasteiger partial charge in [-0.05, 0) is 57.9 Å². The number of H-pyrrole nitrogens is 1. The molecule has 0 saturated carbocycles. The van der Waals surface area contributed by atoms with Crippen molar-refractivity contribution in [3.8, 4) is 11.3 Å². The zero-order valence-electron chi connectivity index (χ0n) is 13.9. The van der Waals surface area contributed by atoms with Crippen molar-refractivity contribution in [2.24, 2.45) is 0 Å². The summed E-state index contributed by atoms with van der Waals surface area (Å²) in [4.78, 5) is 21.1. The predicted molar refractivity (Wildman–Crippen MR) is 102 cm³/mol. The highest BCUT2D eigenvalue weighted by Gasteiger charge is 2.16. The Hall–Kier alpha value is -3.13. The monoisotopic (exact) mass is 425 g/mol. The molecule has 2 N–H and O–H groups in total. The maximum absolute atomic E-state index is 13.2. The quantitative estimate of drug-likeness (QED) is 0.486. The van der Waals surface area contributed by atoms with Gasteiger partial charge in [0.2, 0.25) is 0 Å². The number of pyridine rings is 2. The first-order chi connectivity index (χ1) is 13.1. The number of carbonyl (C=O) groups excluding carboxylic acids is 1. The lowest BCUT2D eigenvalue weighted by Crippen LogP contribution is -2.23. The summed E-state index contributed by atoms with van der Waals surface area (Å²) in [6.07, 6.45) is 4.76. The van der Waals surface area contributed by atoms with Crippen LogP contribution < -0.4 is 5.32 Å². The van der Waals surface area contributed by atoms with E-state index in [0.717, 1.165) is 11.1 Å². The Bertz CT molecular complexity index is 1130. The van der Waals surface area contributed by atoms with Crippen LogP contribution in [-0.2, 0) is 6.54 Å².